The fourth-order valence-corrected chi connectivity index (χ4v) is 2.37. The summed E-state index contributed by atoms with van der Waals surface area (Å²) < 4.78 is 5.60. The van der Waals surface area contributed by atoms with Crippen LogP contribution in [-0.4, -0.2) is 23.7 Å². The Morgan fingerprint density at radius 2 is 2.41 bits per heavy atom. The molecule has 0 amide bonds. The molecule has 2 atom stereocenters. The lowest BCUT2D eigenvalue weighted by molar-refractivity contribution is 0.101. The van der Waals surface area contributed by atoms with Gasteiger partial charge in [0.15, 0.2) is 0 Å². The van der Waals surface area contributed by atoms with Crippen molar-refractivity contribution in [1.82, 2.24) is 4.98 Å². The van der Waals surface area contributed by atoms with E-state index in [1.165, 1.54) is 19.3 Å². The van der Waals surface area contributed by atoms with Crippen LogP contribution in [0.15, 0.2) is 24.4 Å². The van der Waals surface area contributed by atoms with Gasteiger partial charge in [0.05, 0.1) is 6.10 Å². The average molecular weight is 234 g/mol. The predicted molar refractivity (Wildman–Crippen MR) is 68.7 cm³/mol. The number of ether oxygens (including phenoxy) is 1. The van der Waals surface area contributed by atoms with Crippen LogP contribution < -0.4 is 5.73 Å². The van der Waals surface area contributed by atoms with Gasteiger partial charge in [-0.2, -0.15) is 0 Å². The second-order valence-electron chi connectivity index (χ2n) is 4.85. The van der Waals surface area contributed by atoms with Gasteiger partial charge in [-0.25, -0.2) is 0 Å². The van der Waals surface area contributed by atoms with Crippen molar-refractivity contribution in [3.8, 4) is 0 Å². The van der Waals surface area contributed by atoms with Gasteiger partial charge in [-0.05, 0) is 44.2 Å². The highest BCUT2D eigenvalue weighted by molar-refractivity contribution is 5.04. The zero-order valence-corrected chi connectivity index (χ0v) is 10.3. The molecular formula is C14H22N2O. The molecule has 0 radical (unpaired) electrons. The fraction of sp³-hybridized carbons (Fsp3) is 0.643. The van der Waals surface area contributed by atoms with E-state index in [9.17, 15) is 0 Å². The smallest absolute Gasteiger partial charge is 0.0576 e. The van der Waals surface area contributed by atoms with Crippen LogP contribution in [0.4, 0.5) is 0 Å². The summed E-state index contributed by atoms with van der Waals surface area (Å²) in [7, 11) is 0. The molecule has 2 unspecified atom stereocenters. The molecule has 1 aromatic rings. The SMILES string of the molecule is NC(CCCC1CCCO1)Cc1ccccn1. The molecule has 3 nitrogen and oxygen atoms in total. The molecule has 2 heterocycles. The number of aromatic nitrogens is 1. The Kier molecular flexibility index (Phi) is 4.95. The Hall–Kier alpha value is -0.930. The monoisotopic (exact) mass is 234 g/mol. The summed E-state index contributed by atoms with van der Waals surface area (Å²) in [4.78, 5) is 4.30. The first-order valence-corrected chi connectivity index (χ1v) is 6.61. The van der Waals surface area contributed by atoms with E-state index in [1.54, 1.807) is 0 Å². The van der Waals surface area contributed by atoms with E-state index < -0.39 is 0 Å². The van der Waals surface area contributed by atoms with Crippen LogP contribution in [0.5, 0.6) is 0 Å². The third kappa shape index (κ3) is 4.44. The summed E-state index contributed by atoms with van der Waals surface area (Å²) in [6, 6.07) is 6.22. The highest BCUT2D eigenvalue weighted by atomic mass is 16.5. The topological polar surface area (TPSA) is 48.1 Å². The van der Waals surface area contributed by atoms with Gasteiger partial charge in [0.1, 0.15) is 0 Å². The second kappa shape index (κ2) is 6.72. The minimum absolute atomic E-state index is 0.228. The van der Waals surface area contributed by atoms with Crippen LogP contribution in [0, 0.1) is 0 Å². The molecule has 1 aliphatic rings. The van der Waals surface area contributed by atoms with Crippen LogP contribution in [0.3, 0.4) is 0 Å². The maximum atomic E-state index is 6.11. The number of pyridine rings is 1. The maximum absolute atomic E-state index is 6.11. The van der Waals surface area contributed by atoms with Gasteiger partial charge in [0.2, 0.25) is 0 Å². The number of nitrogens with zero attached hydrogens (tertiary/aromatic N) is 1. The van der Waals surface area contributed by atoms with Gasteiger partial charge in [-0.3, -0.25) is 4.98 Å². The van der Waals surface area contributed by atoms with E-state index in [-0.39, 0.29) is 6.04 Å². The Bertz CT molecular complexity index is 309. The summed E-state index contributed by atoms with van der Waals surface area (Å²) in [5.41, 5.74) is 7.20. The van der Waals surface area contributed by atoms with E-state index in [0.29, 0.717) is 6.10 Å². The van der Waals surface area contributed by atoms with Crippen LogP contribution in [0.25, 0.3) is 0 Å². The van der Waals surface area contributed by atoms with Crippen LogP contribution >= 0.6 is 0 Å². The zero-order valence-electron chi connectivity index (χ0n) is 10.3. The van der Waals surface area contributed by atoms with E-state index >= 15 is 0 Å². The van der Waals surface area contributed by atoms with Gasteiger partial charge in [-0.1, -0.05) is 6.07 Å². The van der Waals surface area contributed by atoms with E-state index in [2.05, 4.69) is 4.98 Å². The molecule has 94 valence electrons. The van der Waals surface area contributed by atoms with Crippen molar-refractivity contribution in [2.45, 2.75) is 50.7 Å². The van der Waals surface area contributed by atoms with Crippen LogP contribution in [-0.2, 0) is 11.2 Å². The molecule has 3 heteroatoms. The second-order valence-corrected chi connectivity index (χ2v) is 4.85. The van der Waals surface area contributed by atoms with E-state index in [1.807, 2.05) is 24.4 Å². The highest BCUT2D eigenvalue weighted by Gasteiger charge is 2.15. The van der Waals surface area contributed by atoms with Gasteiger partial charge in [0.25, 0.3) is 0 Å². The predicted octanol–water partition coefficient (Wildman–Crippen LogP) is 2.30. The molecular weight excluding hydrogens is 212 g/mol. The molecule has 0 spiro atoms. The number of hydrogen-bond donors (Lipinski definition) is 1. The van der Waals surface area contributed by atoms with E-state index in [0.717, 1.165) is 31.6 Å². The van der Waals surface area contributed by atoms with Gasteiger partial charge in [-0.15, -0.1) is 0 Å². The lowest BCUT2D eigenvalue weighted by Crippen LogP contribution is -2.23. The maximum Gasteiger partial charge on any atom is 0.0576 e. The normalized spacial score (nSPS) is 21.6. The quantitative estimate of drug-likeness (QED) is 0.821. The minimum atomic E-state index is 0.228. The number of nitrogens with two attached hydrogens (primary N) is 1. The summed E-state index contributed by atoms with van der Waals surface area (Å²) >= 11 is 0. The summed E-state index contributed by atoms with van der Waals surface area (Å²) in [6.07, 6.45) is 9.06. The Morgan fingerprint density at radius 1 is 1.47 bits per heavy atom. The Labute approximate surface area is 103 Å². The van der Waals surface area contributed by atoms with Crippen molar-refractivity contribution in [2.75, 3.05) is 6.61 Å². The number of hydrogen-bond acceptors (Lipinski definition) is 3. The molecule has 0 bridgehead atoms. The largest absolute Gasteiger partial charge is 0.378 e. The Morgan fingerprint density at radius 3 is 3.12 bits per heavy atom. The van der Waals surface area contributed by atoms with Crippen molar-refractivity contribution in [1.29, 1.82) is 0 Å². The van der Waals surface area contributed by atoms with Crippen LogP contribution in [0.1, 0.15) is 37.8 Å². The highest BCUT2D eigenvalue weighted by Crippen LogP contribution is 2.18. The molecule has 0 aliphatic carbocycles. The molecule has 1 aliphatic heterocycles. The molecule has 1 fully saturated rings. The molecule has 17 heavy (non-hydrogen) atoms. The van der Waals surface area contributed by atoms with Crippen molar-refractivity contribution >= 4 is 0 Å². The van der Waals surface area contributed by atoms with Crippen molar-refractivity contribution in [3.63, 3.8) is 0 Å². The van der Waals surface area contributed by atoms with Crippen molar-refractivity contribution in [3.05, 3.63) is 30.1 Å². The molecule has 1 saturated heterocycles. The van der Waals surface area contributed by atoms with Crippen molar-refractivity contribution in [2.24, 2.45) is 5.73 Å². The third-order valence-electron chi connectivity index (χ3n) is 3.32. The molecule has 2 rings (SSSR count). The molecule has 0 aromatic carbocycles. The van der Waals surface area contributed by atoms with E-state index in [4.69, 9.17) is 10.5 Å². The summed E-state index contributed by atoms with van der Waals surface area (Å²) in [5, 5.41) is 0. The van der Waals surface area contributed by atoms with Gasteiger partial charge < -0.3 is 10.5 Å². The number of rotatable bonds is 6. The molecule has 1 aromatic heterocycles. The zero-order chi connectivity index (χ0) is 11.9. The van der Waals surface area contributed by atoms with Gasteiger partial charge >= 0.3 is 0 Å². The van der Waals surface area contributed by atoms with Crippen molar-refractivity contribution < 1.29 is 4.74 Å². The molecule has 2 N–H and O–H groups in total. The van der Waals surface area contributed by atoms with Crippen LogP contribution in [0.2, 0.25) is 0 Å². The fourth-order valence-electron chi connectivity index (χ4n) is 2.37. The first-order valence-electron chi connectivity index (χ1n) is 6.61. The summed E-state index contributed by atoms with van der Waals surface area (Å²) in [6.45, 7) is 0.949. The lowest BCUT2D eigenvalue weighted by Gasteiger charge is -2.13. The average Bonchev–Trinajstić information content (AvgIpc) is 2.83. The molecule has 0 saturated carbocycles. The lowest BCUT2D eigenvalue weighted by atomic mass is 10.0. The third-order valence-corrected chi connectivity index (χ3v) is 3.32. The standard InChI is InChI=1S/C14H22N2O/c15-12(11-13-6-1-2-9-16-13)5-3-7-14-8-4-10-17-14/h1-2,6,9,12,14H,3-5,7-8,10-11,15H2. The summed E-state index contributed by atoms with van der Waals surface area (Å²) in [5.74, 6) is 0. The first-order chi connectivity index (χ1) is 8.34. The van der Waals surface area contributed by atoms with Gasteiger partial charge in [0, 0.05) is 31.0 Å². The minimum Gasteiger partial charge on any atom is -0.378 e. The Balaban J connectivity index is 1.62. The first kappa shape index (κ1) is 12.5.